The predicted molar refractivity (Wildman–Crippen MR) is 63.2 cm³/mol. The summed E-state index contributed by atoms with van der Waals surface area (Å²) < 4.78 is 4.85. The molecule has 1 atom stereocenters. The number of ether oxygens (including phenoxy) is 1. The van der Waals surface area contributed by atoms with E-state index in [4.69, 9.17) is 4.74 Å². The van der Waals surface area contributed by atoms with Gasteiger partial charge in [0.15, 0.2) is 0 Å². The summed E-state index contributed by atoms with van der Waals surface area (Å²) in [7, 11) is 1.58. The quantitative estimate of drug-likeness (QED) is 0.717. The molecule has 4 nitrogen and oxygen atoms in total. The third-order valence-electron chi connectivity index (χ3n) is 2.40. The fourth-order valence-corrected chi connectivity index (χ4v) is 1.56. The van der Waals surface area contributed by atoms with E-state index in [0.29, 0.717) is 19.7 Å². The summed E-state index contributed by atoms with van der Waals surface area (Å²) in [5.41, 5.74) is 2.30. The van der Waals surface area contributed by atoms with Crippen molar-refractivity contribution in [3.8, 4) is 0 Å². The first-order chi connectivity index (χ1) is 7.77. The molecule has 0 aliphatic rings. The van der Waals surface area contributed by atoms with Gasteiger partial charge >= 0.3 is 0 Å². The maximum atomic E-state index is 9.45. The monoisotopic (exact) mass is 224 g/mol. The van der Waals surface area contributed by atoms with Crippen molar-refractivity contribution in [1.82, 2.24) is 10.3 Å². The zero-order valence-electron chi connectivity index (χ0n) is 9.94. The number of hydrogen-bond donors (Lipinski definition) is 2. The summed E-state index contributed by atoms with van der Waals surface area (Å²) in [6.07, 6.45) is 2.31. The summed E-state index contributed by atoms with van der Waals surface area (Å²) in [6.45, 7) is 3.68. The summed E-state index contributed by atoms with van der Waals surface area (Å²) in [6, 6.07) is 4.03. The molecule has 4 heteroatoms. The highest BCUT2D eigenvalue weighted by molar-refractivity contribution is 5.19. The highest BCUT2D eigenvalue weighted by Gasteiger charge is 2.04. The van der Waals surface area contributed by atoms with Gasteiger partial charge in [-0.25, -0.2) is 0 Å². The number of hydrogen-bond acceptors (Lipinski definition) is 4. The van der Waals surface area contributed by atoms with Crippen molar-refractivity contribution in [2.75, 3.05) is 20.3 Å². The van der Waals surface area contributed by atoms with Crippen LogP contribution in [0.4, 0.5) is 0 Å². The van der Waals surface area contributed by atoms with Gasteiger partial charge in [-0.15, -0.1) is 0 Å². The van der Waals surface area contributed by atoms with E-state index >= 15 is 0 Å². The summed E-state index contributed by atoms with van der Waals surface area (Å²) >= 11 is 0. The van der Waals surface area contributed by atoms with Crippen molar-refractivity contribution >= 4 is 0 Å². The first kappa shape index (κ1) is 13.1. The number of aliphatic hydroxyl groups excluding tert-OH is 1. The van der Waals surface area contributed by atoms with Gasteiger partial charge in [-0.05, 0) is 18.1 Å². The smallest absolute Gasteiger partial charge is 0.0897 e. The Balaban J connectivity index is 2.36. The normalized spacial score (nSPS) is 12.7. The van der Waals surface area contributed by atoms with E-state index in [9.17, 15) is 5.11 Å². The van der Waals surface area contributed by atoms with E-state index in [1.165, 1.54) is 5.56 Å². The number of methoxy groups -OCH3 is 1. The Bertz CT molecular complexity index is 305. The van der Waals surface area contributed by atoms with Gasteiger partial charge in [0.1, 0.15) is 0 Å². The van der Waals surface area contributed by atoms with E-state index < -0.39 is 6.10 Å². The molecular formula is C12H20N2O2. The molecule has 2 N–H and O–H groups in total. The van der Waals surface area contributed by atoms with E-state index in [1.807, 2.05) is 6.07 Å². The molecule has 0 aliphatic carbocycles. The molecule has 0 amide bonds. The van der Waals surface area contributed by atoms with Gasteiger partial charge in [0.25, 0.3) is 0 Å². The minimum Gasteiger partial charge on any atom is -0.389 e. The molecule has 0 bridgehead atoms. The molecule has 0 saturated heterocycles. The van der Waals surface area contributed by atoms with Crippen LogP contribution in [0.25, 0.3) is 0 Å². The van der Waals surface area contributed by atoms with Crippen LogP contribution >= 0.6 is 0 Å². The second-order valence-corrected chi connectivity index (χ2v) is 3.70. The van der Waals surface area contributed by atoms with Crippen molar-refractivity contribution in [1.29, 1.82) is 0 Å². The van der Waals surface area contributed by atoms with Gasteiger partial charge in [-0.3, -0.25) is 4.98 Å². The number of rotatable bonds is 7. The molecule has 1 aromatic rings. The Morgan fingerprint density at radius 3 is 3.06 bits per heavy atom. The molecule has 1 aromatic heterocycles. The topological polar surface area (TPSA) is 54.4 Å². The first-order valence-corrected chi connectivity index (χ1v) is 5.58. The highest BCUT2D eigenvalue weighted by atomic mass is 16.5. The van der Waals surface area contributed by atoms with Gasteiger partial charge in [0.2, 0.25) is 0 Å². The summed E-state index contributed by atoms with van der Waals surface area (Å²) in [4.78, 5) is 4.32. The highest BCUT2D eigenvalue weighted by Crippen LogP contribution is 2.05. The van der Waals surface area contributed by atoms with Crippen LogP contribution < -0.4 is 5.32 Å². The third kappa shape index (κ3) is 4.26. The van der Waals surface area contributed by atoms with Gasteiger partial charge < -0.3 is 15.2 Å². The van der Waals surface area contributed by atoms with E-state index in [1.54, 1.807) is 13.3 Å². The van der Waals surface area contributed by atoms with Crippen LogP contribution in [0.1, 0.15) is 18.2 Å². The van der Waals surface area contributed by atoms with Crippen LogP contribution in [0.5, 0.6) is 0 Å². The lowest BCUT2D eigenvalue weighted by atomic mass is 10.1. The Kier molecular flexibility index (Phi) is 6.00. The lowest BCUT2D eigenvalue weighted by molar-refractivity contribution is 0.0643. The molecule has 16 heavy (non-hydrogen) atoms. The minimum absolute atomic E-state index is 0.357. The molecule has 1 unspecified atom stereocenters. The zero-order chi connectivity index (χ0) is 11.8. The van der Waals surface area contributed by atoms with Crippen molar-refractivity contribution in [3.05, 3.63) is 29.6 Å². The standard InChI is InChI=1S/C12H20N2O2/c1-3-10-5-4-6-14-12(10)8-13-7-11(15)9-16-2/h4-6,11,13,15H,3,7-9H2,1-2H3. The maximum absolute atomic E-state index is 9.45. The van der Waals surface area contributed by atoms with Crippen LogP contribution in [0.15, 0.2) is 18.3 Å². The van der Waals surface area contributed by atoms with Crippen molar-refractivity contribution < 1.29 is 9.84 Å². The lowest BCUT2D eigenvalue weighted by Gasteiger charge is -2.11. The molecule has 0 fully saturated rings. The number of nitrogens with zero attached hydrogens (tertiary/aromatic N) is 1. The SMILES string of the molecule is CCc1cccnc1CNCC(O)COC. The predicted octanol–water partition coefficient (Wildman–Crippen LogP) is 0.741. The van der Waals surface area contributed by atoms with Crippen molar-refractivity contribution in [2.45, 2.75) is 26.0 Å². The van der Waals surface area contributed by atoms with E-state index in [0.717, 1.165) is 12.1 Å². The maximum Gasteiger partial charge on any atom is 0.0897 e. The molecule has 1 heterocycles. The Morgan fingerprint density at radius 1 is 1.56 bits per heavy atom. The average molecular weight is 224 g/mol. The van der Waals surface area contributed by atoms with Gasteiger partial charge in [-0.2, -0.15) is 0 Å². The molecular weight excluding hydrogens is 204 g/mol. The van der Waals surface area contributed by atoms with Crippen LogP contribution in [0.2, 0.25) is 0 Å². The largest absolute Gasteiger partial charge is 0.389 e. The fraction of sp³-hybridized carbons (Fsp3) is 0.583. The first-order valence-electron chi connectivity index (χ1n) is 5.58. The van der Waals surface area contributed by atoms with Crippen molar-refractivity contribution in [3.63, 3.8) is 0 Å². The molecule has 0 aromatic carbocycles. The summed E-state index contributed by atoms with van der Waals surface area (Å²) in [5, 5.41) is 12.6. The Morgan fingerprint density at radius 2 is 2.38 bits per heavy atom. The molecule has 0 radical (unpaired) electrons. The number of aromatic nitrogens is 1. The Labute approximate surface area is 96.7 Å². The lowest BCUT2D eigenvalue weighted by Crippen LogP contribution is -2.30. The number of nitrogens with one attached hydrogen (secondary N) is 1. The van der Waals surface area contributed by atoms with Gasteiger partial charge in [0, 0.05) is 26.4 Å². The number of pyridine rings is 1. The van der Waals surface area contributed by atoms with Crippen LogP contribution in [0, 0.1) is 0 Å². The number of aryl methyl sites for hydroxylation is 1. The minimum atomic E-state index is -0.459. The average Bonchev–Trinajstić information content (AvgIpc) is 2.30. The zero-order valence-corrected chi connectivity index (χ0v) is 9.94. The van der Waals surface area contributed by atoms with Gasteiger partial charge in [-0.1, -0.05) is 13.0 Å². The van der Waals surface area contributed by atoms with Crippen LogP contribution in [-0.4, -0.2) is 36.5 Å². The summed E-state index contributed by atoms with van der Waals surface area (Å²) in [5.74, 6) is 0. The fourth-order valence-electron chi connectivity index (χ4n) is 1.56. The van der Waals surface area contributed by atoms with Gasteiger partial charge in [0.05, 0.1) is 18.4 Å². The molecule has 0 aliphatic heterocycles. The molecule has 1 rings (SSSR count). The third-order valence-corrected chi connectivity index (χ3v) is 2.40. The molecule has 90 valence electrons. The second kappa shape index (κ2) is 7.33. The molecule has 0 saturated carbocycles. The van der Waals surface area contributed by atoms with E-state index in [2.05, 4.69) is 23.3 Å². The number of aliphatic hydroxyl groups is 1. The second-order valence-electron chi connectivity index (χ2n) is 3.70. The Hall–Kier alpha value is -0.970. The van der Waals surface area contributed by atoms with E-state index in [-0.39, 0.29) is 0 Å². The van der Waals surface area contributed by atoms with Crippen LogP contribution in [-0.2, 0) is 17.7 Å². The molecule has 0 spiro atoms. The van der Waals surface area contributed by atoms with Crippen molar-refractivity contribution in [2.24, 2.45) is 0 Å². The van der Waals surface area contributed by atoms with Crippen LogP contribution in [0.3, 0.4) is 0 Å².